The maximum atomic E-state index is 11.0. The highest BCUT2D eigenvalue weighted by molar-refractivity contribution is 5.79. The summed E-state index contributed by atoms with van der Waals surface area (Å²) in [6, 6.07) is 3.46. The quantitative estimate of drug-likeness (QED) is 0.573. The third-order valence-corrected chi connectivity index (χ3v) is 2.67. The molecule has 92 valence electrons. The second-order valence-corrected chi connectivity index (χ2v) is 3.63. The molecule has 0 bridgehead atoms. The number of carbonyl (C=O) groups is 1. The second-order valence-electron chi connectivity index (χ2n) is 3.63. The highest BCUT2D eigenvalue weighted by Gasteiger charge is 2.19. The van der Waals surface area contributed by atoms with E-state index in [1.807, 2.05) is 0 Å². The molecule has 0 saturated carbocycles. The fourth-order valence-corrected chi connectivity index (χ4v) is 1.73. The van der Waals surface area contributed by atoms with E-state index in [2.05, 4.69) is 0 Å². The maximum absolute atomic E-state index is 11.0. The van der Waals surface area contributed by atoms with Crippen LogP contribution in [0.2, 0.25) is 0 Å². The van der Waals surface area contributed by atoms with E-state index in [0.717, 1.165) is 11.8 Å². The van der Waals surface area contributed by atoms with Crippen LogP contribution in [-0.4, -0.2) is 33.6 Å². The highest BCUT2D eigenvalue weighted by Crippen LogP contribution is 2.34. The number of rotatable bonds is 5. The Morgan fingerprint density at radius 3 is 2.53 bits per heavy atom. The summed E-state index contributed by atoms with van der Waals surface area (Å²) in [6.07, 6.45) is 0.895. The zero-order chi connectivity index (χ0) is 12.3. The van der Waals surface area contributed by atoms with Crippen molar-refractivity contribution < 1.29 is 23.7 Å². The monoisotopic (exact) mass is 238 g/mol. The first kappa shape index (κ1) is 11.9. The van der Waals surface area contributed by atoms with E-state index in [-0.39, 0.29) is 13.1 Å². The summed E-state index contributed by atoms with van der Waals surface area (Å²) in [7, 11) is 3.11. The maximum Gasteiger partial charge on any atom is 0.231 e. The third kappa shape index (κ3) is 2.40. The average molecular weight is 238 g/mol. The number of aldehydes is 1. The van der Waals surface area contributed by atoms with Gasteiger partial charge in [0.15, 0.2) is 17.8 Å². The van der Waals surface area contributed by atoms with Crippen molar-refractivity contribution in [2.45, 2.75) is 12.7 Å². The van der Waals surface area contributed by atoms with Crippen molar-refractivity contribution >= 4 is 6.29 Å². The van der Waals surface area contributed by atoms with Crippen molar-refractivity contribution in [2.24, 2.45) is 0 Å². The van der Waals surface area contributed by atoms with E-state index in [1.54, 1.807) is 26.4 Å². The Labute approximate surface area is 99.2 Å². The molecule has 2 rings (SSSR count). The van der Waals surface area contributed by atoms with Crippen molar-refractivity contribution in [2.75, 3.05) is 21.0 Å². The molecule has 1 heterocycles. The van der Waals surface area contributed by atoms with Gasteiger partial charge in [-0.25, -0.2) is 0 Å². The summed E-state index contributed by atoms with van der Waals surface area (Å²) in [5, 5.41) is 0. The minimum absolute atomic E-state index is 0.190. The summed E-state index contributed by atoms with van der Waals surface area (Å²) >= 11 is 0. The lowest BCUT2D eigenvalue weighted by Gasteiger charge is -2.14. The first-order chi connectivity index (χ1) is 8.28. The summed E-state index contributed by atoms with van der Waals surface area (Å²) in [5.41, 5.74) is 1.38. The minimum atomic E-state index is -0.380. The van der Waals surface area contributed by atoms with Gasteiger partial charge in [0.1, 0.15) is 6.29 Å². The van der Waals surface area contributed by atoms with Crippen molar-refractivity contribution in [1.82, 2.24) is 0 Å². The molecular weight excluding hydrogens is 224 g/mol. The Bertz CT molecular complexity index is 412. The van der Waals surface area contributed by atoms with Crippen LogP contribution in [0.4, 0.5) is 0 Å². The Morgan fingerprint density at radius 1 is 1.29 bits per heavy atom. The van der Waals surface area contributed by atoms with Crippen molar-refractivity contribution in [3.63, 3.8) is 0 Å². The molecule has 0 unspecified atom stereocenters. The Hall–Kier alpha value is -1.59. The Balaban J connectivity index is 2.29. The molecule has 0 amide bonds. The molecule has 1 aliphatic rings. The Kier molecular flexibility index (Phi) is 3.61. The molecule has 0 saturated heterocycles. The minimum Gasteiger partial charge on any atom is -0.454 e. The smallest absolute Gasteiger partial charge is 0.231 e. The zero-order valence-corrected chi connectivity index (χ0v) is 9.76. The third-order valence-electron chi connectivity index (χ3n) is 2.67. The molecule has 0 aliphatic carbocycles. The van der Waals surface area contributed by atoms with Gasteiger partial charge < -0.3 is 18.9 Å². The average Bonchev–Trinajstić information content (AvgIpc) is 2.81. The van der Waals surface area contributed by atoms with Crippen LogP contribution < -0.4 is 9.47 Å². The SMILES string of the molecule is COC(Cc1cc2c(cc1C=O)OCO2)OC. The number of benzene rings is 1. The fraction of sp³-hybridized carbons (Fsp3) is 0.417. The fourth-order valence-electron chi connectivity index (χ4n) is 1.73. The zero-order valence-electron chi connectivity index (χ0n) is 9.76. The predicted molar refractivity (Wildman–Crippen MR) is 59.5 cm³/mol. The molecule has 1 aromatic carbocycles. The van der Waals surface area contributed by atoms with Gasteiger partial charge in [0.25, 0.3) is 0 Å². The molecule has 0 aromatic heterocycles. The standard InChI is InChI=1S/C12H14O5/c1-14-12(15-2)5-8-3-10-11(17-7-16-10)4-9(8)6-13/h3-4,6,12H,5,7H2,1-2H3. The van der Waals surface area contributed by atoms with Crippen molar-refractivity contribution in [3.8, 4) is 11.5 Å². The van der Waals surface area contributed by atoms with Crippen LogP contribution >= 0.6 is 0 Å². The van der Waals surface area contributed by atoms with Gasteiger partial charge in [-0.15, -0.1) is 0 Å². The first-order valence-corrected chi connectivity index (χ1v) is 5.21. The topological polar surface area (TPSA) is 54.0 Å². The van der Waals surface area contributed by atoms with Crippen LogP contribution in [-0.2, 0) is 15.9 Å². The highest BCUT2D eigenvalue weighted by atomic mass is 16.7. The van der Waals surface area contributed by atoms with E-state index in [1.165, 1.54) is 0 Å². The number of hydrogen-bond acceptors (Lipinski definition) is 5. The lowest BCUT2D eigenvalue weighted by Crippen LogP contribution is -2.17. The van der Waals surface area contributed by atoms with Crippen LogP contribution in [0.5, 0.6) is 11.5 Å². The van der Waals surface area contributed by atoms with Gasteiger partial charge in [-0.2, -0.15) is 0 Å². The van der Waals surface area contributed by atoms with E-state index in [9.17, 15) is 4.79 Å². The lowest BCUT2D eigenvalue weighted by atomic mass is 10.0. The molecule has 5 heteroatoms. The first-order valence-electron chi connectivity index (χ1n) is 5.21. The van der Waals surface area contributed by atoms with Gasteiger partial charge in [-0.1, -0.05) is 0 Å². The molecule has 1 aromatic rings. The van der Waals surface area contributed by atoms with Gasteiger partial charge in [-0.3, -0.25) is 4.79 Å². The molecule has 0 atom stereocenters. The number of hydrogen-bond donors (Lipinski definition) is 0. The summed E-state index contributed by atoms with van der Waals surface area (Å²) < 4.78 is 20.7. The molecule has 0 radical (unpaired) electrons. The molecule has 17 heavy (non-hydrogen) atoms. The van der Waals surface area contributed by atoms with E-state index < -0.39 is 0 Å². The Morgan fingerprint density at radius 2 is 1.94 bits per heavy atom. The molecule has 1 aliphatic heterocycles. The van der Waals surface area contributed by atoms with Crippen LogP contribution in [0.25, 0.3) is 0 Å². The molecular formula is C12H14O5. The predicted octanol–water partition coefficient (Wildman–Crippen LogP) is 1.39. The molecule has 5 nitrogen and oxygen atoms in total. The number of carbonyl (C=O) groups excluding carboxylic acids is 1. The summed E-state index contributed by atoms with van der Waals surface area (Å²) in [4.78, 5) is 11.0. The van der Waals surface area contributed by atoms with Crippen LogP contribution in [0.15, 0.2) is 12.1 Å². The largest absolute Gasteiger partial charge is 0.454 e. The van der Waals surface area contributed by atoms with Crippen LogP contribution in [0, 0.1) is 0 Å². The lowest BCUT2D eigenvalue weighted by molar-refractivity contribution is -0.100. The van der Waals surface area contributed by atoms with Gasteiger partial charge in [-0.05, 0) is 17.7 Å². The number of ether oxygens (including phenoxy) is 4. The van der Waals surface area contributed by atoms with Crippen molar-refractivity contribution in [1.29, 1.82) is 0 Å². The van der Waals surface area contributed by atoms with Crippen molar-refractivity contribution in [3.05, 3.63) is 23.3 Å². The summed E-state index contributed by atoms with van der Waals surface area (Å²) in [6.45, 7) is 0.190. The van der Waals surface area contributed by atoms with E-state index in [0.29, 0.717) is 23.5 Å². The van der Waals surface area contributed by atoms with Gasteiger partial charge in [0, 0.05) is 26.2 Å². The van der Waals surface area contributed by atoms with Crippen LogP contribution in [0.1, 0.15) is 15.9 Å². The molecule has 0 N–H and O–H groups in total. The normalized spacial score (nSPS) is 13.1. The number of methoxy groups -OCH3 is 2. The second kappa shape index (κ2) is 5.16. The summed E-state index contributed by atoms with van der Waals surface area (Å²) in [5.74, 6) is 1.25. The molecule has 0 fully saturated rings. The molecule has 0 spiro atoms. The van der Waals surface area contributed by atoms with Gasteiger partial charge >= 0.3 is 0 Å². The van der Waals surface area contributed by atoms with Crippen LogP contribution in [0.3, 0.4) is 0 Å². The van der Waals surface area contributed by atoms with Gasteiger partial charge in [0.2, 0.25) is 6.79 Å². The van der Waals surface area contributed by atoms with Gasteiger partial charge in [0.05, 0.1) is 0 Å². The van der Waals surface area contributed by atoms with E-state index >= 15 is 0 Å². The van der Waals surface area contributed by atoms with E-state index in [4.69, 9.17) is 18.9 Å². The number of fused-ring (bicyclic) bond motifs is 1.